The normalized spacial score (nSPS) is 17.4. The summed E-state index contributed by atoms with van der Waals surface area (Å²) in [5.41, 5.74) is 7.29. The number of benzene rings is 1. The third kappa shape index (κ3) is 3.54. The van der Waals surface area contributed by atoms with Crippen LogP contribution in [0.15, 0.2) is 28.7 Å². The van der Waals surface area contributed by atoms with Gasteiger partial charge in [0, 0.05) is 23.6 Å². The summed E-state index contributed by atoms with van der Waals surface area (Å²) in [6.07, 6.45) is 2.79. The number of hydrogen-bond donors (Lipinski definition) is 1. The van der Waals surface area contributed by atoms with E-state index in [4.69, 9.17) is 5.73 Å². The van der Waals surface area contributed by atoms with Gasteiger partial charge in [-0.2, -0.15) is 0 Å². The van der Waals surface area contributed by atoms with E-state index in [2.05, 4.69) is 52.0 Å². The zero-order valence-electron chi connectivity index (χ0n) is 10.4. The molecule has 0 saturated heterocycles. The molecule has 0 spiro atoms. The molecule has 94 valence electrons. The Morgan fingerprint density at radius 2 is 2.24 bits per heavy atom. The molecule has 2 rings (SSSR count). The second-order valence-electron chi connectivity index (χ2n) is 4.84. The second-order valence-corrected chi connectivity index (χ2v) is 5.75. The average molecular weight is 297 g/mol. The lowest BCUT2D eigenvalue weighted by Gasteiger charge is -2.30. The molecule has 1 fully saturated rings. The number of hydrogen-bond acceptors (Lipinski definition) is 2. The van der Waals surface area contributed by atoms with E-state index in [1.807, 2.05) is 0 Å². The van der Waals surface area contributed by atoms with Crippen molar-refractivity contribution in [3.8, 4) is 0 Å². The van der Waals surface area contributed by atoms with Gasteiger partial charge in [-0.1, -0.05) is 35.0 Å². The fourth-order valence-electron chi connectivity index (χ4n) is 2.32. The maximum absolute atomic E-state index is 5.97. The van der Waals surface area contributed by atoms with Gasteiger partial charge < -0.3 is 5.73 Å². The van der Waals surface area contributed by atoms with Crippen LogP contribution in [0.2, 0.25) is 0 Å². The average Bonchev–Trinajstić information content (AvgIpc) is 3.13. The number of nitrogens with zero attached hydrogens (tertiary/aromatic N) is 1. The first-order valence-corrected chi connectivity index (χ1v) is 7.23. The molecule has 1 aliphatic rings. The van der Waals surface area contributed by atoms with Gasteiger partial charge >= 0.3 is 0 Å². The molecule has 0 bridgehead atoms. The highest BCUT2D eigenvalue weighted by Gasteiger charge is 2.27. The van der Waals surface area contributed by atoms with Crippen LogP contribution in [0.1, 0.15) is 31.4 Å². The van der Waals surface area contributed by atoms with Crippen molar-refractivity contribution in [2.45, 2.75) is 25.8 Å². The summed E-state index contributed by atoms with van der Waals surface area (Å²) >= 11 is 3.53. The summed E-state index contributed by atoms with van der Waals surface area (Å²) in [6, 6.07) is 8.88. The maximum Gasteiger partial charge on any atom is 0.0470 e. The molecule has 0 aliphatic heterocycles. The van der Waals surface area contributed by atoms with Gasteiger partial charge in [-0.25, -0.2) is 0 Å². The molecule has 1 aliphatic carbocycles. The van der Waals surface area contributed by atoms with Crippen LogP contribution in [0.3, 0.4) is 0 Å². The van der Waals surface area contributed by atoms with Gasteiger partial charge in [0.1, 0.15) is 0 Å². The largest absolute Gasteiger partial charge is 0.329 e. The van der Waals surface area contributed by atoms with E-state index in [0.717, 1.165) is 16.9 Å². The molecule has 1 saturated carbocycles. The summed E-state index contributed by atoms with van der Waals surface area (Å²) in [7, 11) is 0. The smallest absolute Gasteiger partial charge is 0.0470 e. The van der Waals surface area contributed by atoms with Gasteiger partial charge in [-0.3, -0.25) is 4.90 Å². The fraction of sp³-hybridized carbons (Fsp3) is 0.571. The Labute approximate surface area is 112 Å². The van der Waals surface area contributed by atoms with Crippen LogP contribution in [-0.2, 0) is 0 Å². The predicted octanol–water partition coefficient (Wildman–Crippen LogP) is 3.18. The van der Waals surface area contributed by atoms with Crippen LogP contribution in [0.5, 0.6) is 0 Å². The highest BCUT2D eigenvalue weighted by Crippen LogP contribution is 2.32. The van der Waals surface area contributed by atoms with Gasteiger partial charge in [0.2, 0.25) is 0 Å². The zero-order chi connectivity index (χ0) is 12.3. The van der Waals surface area contributed by atoms with E-state index in [9.17, 15) is 0 Å². The summed E-state index contributed by atoms with van der Waals surface area (Å²) in [4.78, 5) is 2.51. The van der Waals surface area contributed by atoms with E-state index < -0.39 is 0 Å². The molecular formula is C14H21BrN2. The van der Waals surface area contributed by atoms with Gasteiger partial charge in [-0.15, -0.1) is 0 Å². The minimum absolute atomic E-state index is 0.359. The number of rotatable bonds is 6. The van der Waals surface area contributed by atoms with E-state index in [0.29, 0.717) is 12.6 Å². The van der Waals surface area contributed by atoms with Crippen molar-refractivity contribution >= 4 is 15.9 Å². The lowest BCUT2D eigenvalue weighted by atomic mass is 10.0. The zero-order valence-corrected chi connectivity index (χ0v) is 12.0. The molecule has 0 amide bonds. The van der Waals surface area contributed by atoms with Crippen molar-refractivity contribution in [1.29, 1.82) is 0 Å². The van der Waals surface area contributed by atoms with Crippen molar-refractivity contribution < 1.29 is 0 Å². The summed E-state index contributed by atoms with van der Waals surface area (Å²) in [6.45, 7) is 5.19. The highest BCUT2D eigenvalue weighted by atomic mass is 79.9. The van der Waals surface area contributed by atoms with Crippen LogP contribution in [0.4, 0.5) is 0 Å². The minimum Gasteiger partial charge on any atom is -0.329 e. The molecule has 1 aromatic carbocycles. The molecule has 2 nitrogen and oxygen atoms in total. The SMILES string of the molecule is CCN(CC1CC1)C(CN)c1cccc(Br)c1. The van der Waals surface area contributed by atoms with E-state index in [-0.39, 0.29) is 0 Å². The molecule has 1 aromatic rings. The van der Waals surface area contributed by atoms with Crippen LogP contribution < -0.4 is 5.73 Å². The second kappa shape index (κ2) is 5.98. The Balaban J connectivity index is 2.12. The lowest BCUT2D eigenvalue weighted by molar-refractivity contribution is 0.203. The monoisotopic (exact) mass is 296 g/mol. The van der Waals surface area contributed by atoms with Crippen LogP contribution in [-0.4, -0.2) is 24.5 Å². The summed E-state index contributed by atoms with van der Waals surface area (Å²) in [5, 5.41) is 0. The maximum atomic E-state index is 5.97. The van der Waals surface area contributed by atoms with E-state index in [1.54, 1.807) is 0 Å². The molecule has 0 heterocycles. The number of halogens is 1. The van der Waals surface area contributed by atoms with Crippen LogP contribution >= 0.6 is 15.9 Å². The van der Waals surface area contributed by atoms with Crippen LogP contribution in [0.25, 0.3) is 0 Å². The van der Waals surface area contributed by atoms with Crippen molar-refractivity contribution in [2.24, 2.45) is 11.7 Å². The van der Waals surface area contributed by atoms with Gasteiger partial charge in [-0.05, 0) is 43.0 Å². The highest BCUT2D eigenvalue weighted by molar-refractivity contribution is 9.10. The molecule has 17 heavy (non-hydrogen) atoms. The first-order chi connectivity index (χ1) is 8.24. The molecule has 0 aromatic heterocycles. The Morgan fingerprint density at radius 1 is 1.47 bits per heavy atom. The minimum atomic E-state index is 0.359. The van der Waals surface area contributed by atoms with Gasteiger partial charge in [0.05, 0.1) is 0 Å². The molecular weight excluding hydrogens is 276 g/mol. The van der Waals surface area contributed by atoms with Gasteiger partial charge in [0.15, 0.2) is 0 Å². The first kappa shape index (κ1) is 13.1. The van der Waals surface area contributed by atoms with E-state index in [1.165, 1.54) is 24.9 Å². The summed E-state index contributed by atoms with van der Waals surface area (Å²) < 4.78 is 1.14. The first-order valence-electron chi connectivity index (χ1n) is 6.44. The quantitative estimate of drug-likeness (QED) is 0.874. The third-order valence-corrected chi connectivity index (χ3v) is 3.99. The van der Waals surface area contributed by atoms with Crippen molar-refractivity contribution in [2.75, 3.05) is 19.6 Å². The Bertz CT molecular complexity index is 363. The number of likely N-dealkylation sites (N-methyl/N-ethyl adjacent to an activating group) is 1. The van der Waals surface area contributed by atoms with Crippen molar-refractivity contribution in [3.05, 3.63) is 34.3 Å². The standard InChI is InChI=1S/C14H21BrN2/c1-2-17(10-11-6-7-11)14(9-16)12-4-3-5-13(15)8-12/h3-5,8,11,14H,2,6-7,9-10,16H2,1H3. The van der Waals surface area contributed by atoms with Crippen LogP contribution in [0, 0.1) is 5.92 Å². The van der Waals surface area contributed by atoms with E-state index >= 15 is 0 Å². The Morgan fingerprint density at radius 3 is 2.76 bits per heavy atom. The lowest BCUT2D eigenvalue weighted by Crippen LogP contribution is -2.35. The number of nitrogens with two attached hydrogens (primary N) is 1. The fourth-order valence-corrected chi connectivity index (χ4v) is 2.74. The Hall–Kier alpha value is -0.380. The molecule has 1 atom stereocenters. The Kier molecular flexibility index (Phi) is 4.60. The third-order valence-electron chi connectivity index (χ3n) is 3.49. The van der Waals surface area contributed by atoms with Crippen molar-refractivity contribution in [3.63, 3.8) is 0 Å². The topological polar surface area (TPSA) is 29.3 Å². The predicted molar refractivity (Wildman–Crippen MR) is 75.9 cm³/mol. The molecule has 0 radical (unpaired) electrons. The molecule has 1 unspecified atom stereocenters. The summed E-state index contributed by atoms with van der Waals surface area (Å²) in [5.74, 6) is 0.913. The molecule has 2 N–H and O–H groups in total. The van der Waals surface area contributed by atoms with Gasteiger partial charge in [0.25, 0.3) is 0 Å². The molecule has 3 heteroatoms. The van der Waals surface area contributed by atoms with Crippen molar-refractivity contribution in [1.82, 2.24) is 4.90 Å².